The molecule has 1 N–H and O–H groups in total. The second-order valence-electron chi connectivity index (χ2n) is 5.61. The Bertz CT molecular complexity index is 857. The molecule has 3 rings (SSSR count). The third-order valence-electron chi connectivity index (χ3n) is 3.88. The minimum absolute atomic E-state index is 0.0763. The molecule has 0 aromatic heterocycles. The Morgan fingerprint density at radius 1 is 1.00 bits per heavy atom. The van der Waals surface area contributed by atoms with E-state index in [4.69, 9.17) is 46.4 Å². The van der Waals surface area contributed by atoms with Crippen LogP contribution in [0, 0.1) is 5.92 Å². The van der Waals surface area contributed by atoms with Crippen LogP contribution in [0.15, 0.2) is 36.4 Å². The van der Waals surface area contributed by atoms with Crippen molar-refractivity contribution in [2.75, 3.05) is 16.8 Å². The number of benzene rings is 2. The molecule has 25 heavy (non-hydrogen) atoms. The zero-order valence-corrected chi connectivity index (χ0v) is 15.8. The fourth-order valence-corrected chi connectivity index (χ4v) is 3.36. The zero-order valence-electron chi connectivity index (χ0n) is 12.7. The maximum absolute atomic E-state index is 12.5. The first-order valence-electron chi connectivity index (χ1n) is 7.36. The molecule has 1 saturated heterocycles. The Labute approximate surface area is 164 Å². The first-order valence-corrected chi connectivity index (χ1v) is 8.87. The molecule has 0 spiro atoms. The molecule has 8 heteroatoms. The van der Waals surface area contributed by atoms with Gasteiger partial charge in [0.1, 0.15) is 0 Å². The van der Waals surface area contributed by atoms with Gasteiger partial charge in [-0.3, -0.25) is 9.59 Å². The lowest BCUT2D eigenvalue weighted by Crippen LogP contribution is -2.28. The van der Waals surface area contributed by atoms with Crippen LogP contribution >= 0.6 is 46.4 Å². The Hall–Kier alpha value is -1.46. The molecule has 2 amide bonds. The van der Waals surface area contributed by atoms with Gasteiger partial charge in [0.25, 0.3) is 0 Å². The van der Waals surface area contributed by atoms with Crippen LogP contribution in [0.3, 0.4) is 0 Å². The van der Waals surface area contributed by atoms with Crippen LogP contribution in [0.25, 0.3) is 0 Å². The van der Waals surface area contributed by atoms with Crippen LogP contribution < -0.4 is 10.2 Å². The number of carbonyl (C=O) groups excluding carboxylic acids is 2. The molecule has 2 aromatic rings. The first kappa shape index (κ1) is 18.3. The van der Waals surface area contributed by atoms with E-state index in [1.165, 1.54) is 4.90 Å². The normalized spacial score (nSPS) is 17.0. The first-order chi connectivity index (χ1) is 11.8. The van der Waals surface area contributed by atoms with Gasteiger partial charge in [-0.1, -0.05) is 46.4 Å². The van der Waals surface area contributed by atoms with E-state index in [0.717, 1.165) is 0 Å². The topological polar surface area (TPSA) is 49.4 Å². The summed E-state index contributed by atoms with van der Waals surface area (Å²) in [5.74, 6) is -1.03. The second-order valence-corrected chi connectivity index (χ2v) is 7.30. The highest BCUT2D eigenvalue weighted by molar-refractivity contribution is 6.36. The van der Waals surface area contributed by atoms with Crippen molar-refractivity contribution in [1.29, 1.82) is 0 Å². The zero-order chi connectivity index (χ0) is 18.1. The van der Waals surface area contributed by atoms with Gasteiger partial charge in [-0.25, -0.2) is 0 Å². The summed E-state index contributed by atoms with van der Waals surface area (Å²) < 4.78 is 0. The number of nitrogens with zero attached hydrogens (tertiary/aromatic N) is 1. The lowest BCUT2D eigenvalue weighted by atomic mass is 10.1. The quantitative estimate of drug-likeness (QED) is 0.737. The van der Waals surface area contributed by atoms with Crippen LogP contribution in [0.1, 0.15) is 6.42 Å². The van der Waals surface area contributed by atoms with E-state index >= 15 is 0 Å². The molecule has 0 saturated carbocycles. The van der Waals surface area contributed by atoms with E-state index in [1.807, 2.05) is 0 Å². The molecule has 0 unspecified atom stereocenters. The standard InChI is InChI=1S/C17H12Cl4N2O2/c18-10-1-3-12(20)14(6-10)22-17(25)9-5-16(24)23(8-9)15-7-11(19)2-4-13(15)21/h1-4,6-7,9H,5,8H2,(H,22,25)/t9-/m0/s1. The molecule has 2 aromatic carbocycles. The molecule has 1 aliphatic heterocycles. The van der Waals surface area contributed by atoms with Gasteiger partial charge in [0.05, 0.1) is 27.3 Å². The van der Waals surface area contributed by atoms with E-state index < -0.39 is 5.92 Å². The highest BCUT2D eigenvalue weighted by atomic mass is 35.5. The number of rotatable bonds is 3. The van der Waals surface area contributed by atoms with E-state index in [9.17, 15) is 9.59 Å². The van der Waals surface area contributed by atoms with Crippen molar-refractivity contribution in [1.82, 2.24) is 0 Å². The maximum atomic E-state index is 12.5. The lowest BCUT2D eigenvalue weighted by Gasteiger charge is -2.18. The molecule has 0 radical (unpaired) electrons. The predicted octanol–water partition coefficient (Wildman–Crippen LogP) is 5.29. The maximum Gasteiger partial charge on any atom is 0.229 e. The molecule has 1 heterocycles. The van der Waals surface area contributed by atoms with Crippen LogP contribution in [-0.2, 0) is 9.59 Å². The molecule has 130 valence electrons. The van der Waals surface area contributed by atoms with Gasteiger partial charge in [0.15, 0.2) is 0 Å². The summed E-state index contributed by atoms with van der Waals surface area (Å²) in [6.45, 7) is 0.211. The smallest absolute Gasteiger partial charge is 0.229 e. The number of anilines is 2. The monoisotopic (exact) mass is 416 g/mol. The Balaban J connectivity index is 1.77. The number of halogens is 4. The summed E-state index contributed by atoms with van der Waals surface area (Å²) in [7, 11) is 0. The van der Waals surface area contributed by atoms with Crippen LogP contribution in [0.2, 0.25) is 20.1 Å². The van der Waals surface area contributed by atoms with Gasteiger partial charge in [-0.2, -0.15) is 0 Å². The average molecular weight is 418 g/mol. The highest BCUT2D eigenvalue weighted by Crippen LogP contribution is 2.34. The summed E-state index contributed by atoms with van der Waals surface area (Å²) in [5.41, 5.74) is 0.904. The van der Waals surface area contributed by atoms with E-state index in [2.05, 4.69) is 5.32 Å². The number of nitrogens with one attached hydrogen (secondary N) is 1. The van der Waals surface area contributed by atoms with Gasteiger partial charge in [0, 0.05) is 23.0 Å². The van der Waals surface area contributed by atoms with E-state index in [1.54, 1.807) is 36.4 Å². The summed E-state index contributed by atoms with van der Waals surface area (Å²) in [5, 5.41) is 4.41. The average Bonchev–Trinajstić information content (AvgIpc) is 2.95. The minimum Gasteiger partial charge on any atom is -0.324 e. The number of hydrogen-bond acceptors (Lipinski definition) is 2. The number of amides is 2. The van der Waals surface area contributed by atoms with Gasteiger partial charge < -0.3 is 10.2 Å². The van der Waals surface area contributed by atoms with Crippen molar-refractivity contribution in [3.05, 3.63) is 56.5 Å². The van der Waals surface area contributed by atoms with Crippen LogP contribution in [0.5, 0.6) is 0 Å². The third-order valence-corrected chi connectivity index (χ3v) is 5.00. The molecular formula is C17H12Cl4N2O2. The summed E-state index contributed by atoms with van der Waals surface area (Å²) in [4.78, 5) is 26.3. The number of carbonyl (C=O) groups is 2. The Morgan fingerprint density at radius 2 is 1.64 bits per heavy atom. The highest BCUT2D eigenvalue weighted by Gasteiger charge is 2.36. The van der Waals surface area contributed by atoms with Crippen molar-refractivity contribution in [3.63, 3.8) is 0 Å². The van der Waals surface area contributed by atoms with Gasteiger partial charge >= 0.3 is 0 Å². The van der Waals surface area contributed by atoms with Crippen molar-refractivity contribution in [2.45, 2.75) is 6.42 Å². The van der Waals surface area contributed by atoms with Gasteiger partial charge in [-0.15, -0.1) is 0 Å². The Morgan fingerprint density at radius 3 is 2.36 bits per heavy atom. The molecule has 0 aliphatic carbocycles. The third kappa shape index (κ3) is 4.04. The molecule has 1 aliphatic rings. The fraction of sp³-hybridized carbons (Fsp3) is 0.176. The van der Waals surface area contributed by atoms with Crippen molar-refractivity contribution >= 4 is 69.6 Å². The van der Waals surface area contributed by atoms with E-state index in [0.29, 0.717) is 31.5 Å². The fourth-order valence-electron chi connectivity index (χ4n) is 2.64. The van der Waals surface area contributed by atoms with Gasteiger partial charge in [0.2, 0.25) is 11.8 Å². The molecule has 4 nitrogen and oxygen atoms in total. The number of hydrogen-bond donors (Lipinski definition) is 1. The van der Waals surface area contributed by atoms with Gasteiger partial charge in [-0.05, 0) is 36.4 Å². The minimum atomic E-state index is -0.530. The van der Waals surface area contributed by atoms with Crippen molar-refractivity contribution < 1.29 is 9.59 Å². The Kier molecular flexibility index (Phi) is 5.44. The summed E-state index contributed by atoms with van der Waals surface area (Å²) in [6.07, 6.45) is 0.0763. The van der Waals surface area contributed by atoms with Crippen LogP contribution in [0.4, 0.5) is 11.4 Å². The van der Waals surface area contributed by atoms with E-state index in [-0.39, 0.29) is 24.8 Å². The molecule has 1 atom stereocenters. The van der Waals surface area contributed by atoms with Crippen LogP contribution in [-0.4, -0.2) is 18.4 Å². The largest absolute Gasteiger partial charge is 0.324 e. The van der Waals surface area contributed by atoms with Crippen molar-refractivity contribution in [2.24, 2.45) is 5.92 Å². The molecule has 1 fully saturated rings. The lowest BCUT2D eigenvalue weighted by molar-refractivity contribution is -0.122. The SMILES string of the molecule is O=C(Nc1cc(Cl)ccc1Cl)[C@H]1CC(=O)N(c2cc(Cl)ccc2Cl)C1. The molecule has 0 bridgehead atoms. The summed E-state index contributed by atoms with van der Waals surface area (Å²) in [6, 6.07) is 9.64. The second kappa shape index (κ2) is 7.42. The van der Waals surface area contributed by atoms with Crippen molar-refractivity contribution in [3.8, 4) is 0 Å². The summed E-state index contributed by atoms with van der Waals surface area (Å²) >= 11 is 24.1. The predicted molar refractivity (Wildman–Crippen MR) is 102 cm³/mol. The molecular weight excluding hydrogens is 406 g/mol.